The van der Waals surface area contributed by atoms with E-state index in [9.17, 15) is 14.4 Å². The SMILES string of the molecule is N#Cc1cccc(-c2ccc([C@]34CN(c5ccc(F)cc5)C[C@H]3C(=O)NC(=N)N4)s2)c1. The van der Waals surface area contributed by atoms with Crippen LogP contribution in [0.1, 0.15) is 10.4 Å². The van der Waals surface area contributed by atoms with Gasteiger partial charge in [-0.05, 0) is 54.1 Å². The summed E-state index contributed by atoms with van der Waals surface area (Å²) in [5.41, 5.74) is 1.59. The van der Waals surface area contributed by atoms with E-state index in [1.807, 2.05) is 35.2 Å². The summed E-state index contributed by atoms with van der Waals surface area (Å²) in [4.78, 5) is 16.8. The number of guanidine groups is 1. The van der Waals surface area contributed by atoms with Crippen molar-refractivity contribution in [3.8, 4) is 16.5 Å². The van der Waals surface area contributed by atoms with Gasteiger partial charge in [-0.1, -0.05) is 12.1 Å². The van der Waals surface area contributed by atoms with Crippen molar-refractivity contribution in [2.24, 2.45) is 5.92 Å². The maximum Gasteiger partial charge on any atom is 0.234 e. The number of nitrogens with zero attached hydrogens (tertiary/aromatic N) is 2. The zero-order chi connectivity index (χ0) is 21.6. The number of fused-ring (bicyclic) bond motifs is 1. The molecule has 154 valence electrons. The molecule has 3 aromatic rings. The van der Waals surface area contributed by atoms with Crippen LogP contribution in [0.25, 0.3) is 10.4 Å². The number of rotatable bonds is 3. The van der Waals surface area contributed by atoms with Gasteiger partial charge < -0.3 is 10.2 Å². The van der Waals surface area contributed by atoms with E-state index in [0.717, 1.165) is 21.0 Å². The highest BCUT2D eigenvalue weighted by Crippen LogP contribution is 2.45. The first kappa shape index (κ1) is 19.3. The van der Waals surface area contributed by atoms with Gasteiger partial charge in [0, 0.05) is 28.5 Å². The molecule has 6 nitrogen and oxygen atoms in total. The van der Waals surface area contributed by atoms with Gasteiger partial charge >= 0.3 is 0 Å². The van der Waals surface area contributed by atoms with Crippen LogP contribution in [0.15, 0.2) is 60.7 Å². The quantitative estimate of drug-likeness (QED) is 0.593. The predicted octanol–water partition coefficient (Wildman–Crippen LogP) is 3.41. The van der Waals surface area contributed by atoms with E-state index in [-0.39, 0.29) is 17.7 Å². The Morgan fingerprint density at radius 3 is 2.77 bits per heavy atom. The highest BCUT2D eigenvalue weighted by atomic mass is 32.1. The van der Waals surface area contributed by atoms with Crippen molar-refractivity contribution in [3.63, 3.8) is 0 Å². The summed E-state index contributed by atoms with van der Waals surface area (Å²) < 4.78 is 13.4. The third kappa shape index (κ3) is 3.23. The molecule has 1 amide bonds. The minimum atomic E-state index is -0.760. The molecule has 0 aliphatic carbocycles. The number of nitriles is 1. The Morgan fingerprint density at radius 2 is 2.00 bits per heavy atom. The van der Waals surface area contributed by atoms with E-state index in [0.29, 0.717) is 18.7 Å². The topological polar surface area (TPSA) is 92.0 Å². The molecule has 31 heavy (non-hydrogen) atoms. The Labute approximate surface area is 182 Å². The summed E-state index contributed by atoms with van der Waals surface area (Å²) in [6.07, 6.45) is 0. The zero-order valence-electron chi connectivity index (χ0n) is 16.4. The summed E-state index contributed by atoms with van der Waals surface area (Å²) in [5, 5.41) is 23.2. The van der Waals surface area contributed by atoms with Crippen molar-refractivity contribution >= 4 is 28.9 Å². The van der Waals surface area contributed by atoms with Crippen LogP contribution in [-0.4, -0.2) is 25.0 Å². The number of halogens is 1. The standard InChI is InChI=1S/C23H18FN5OS/c24-16-4-6-17(7-5-16)29-12-18-21(30)27-22(26)28-23(18,13-29)20-9-8-19(31-20)15-3-1-2-14(10-15)11-25/h1-10,18H,12-13H2,(H3,26,27,28,30)/t18-,23-/m0/s1. The fourth-order valence-electron chi connectivity index (χ4n) is 4.38. The van der Waals surface area contributed by atoms with Crippen molar-refractivity contribution in [2.75, 3.05) is 18.0 Å². The van der Waals surface area contributed by atoms with Gasteiger partial charge in [0.25, 0.3) is 0 Å². The second-order valence-electron chi connectivity index (χ2n) is 7.73. The molecule has 1 aromatic heterocycles. The second-order valence-corrected chi connectivity index (χ2v) is 8.81. The molecule has 2 aliphatic rings. The number of carbonyl (C=O) groups excluding carboxylic acids is 1. The zero-order valence-corrected chi connectivity index (χ0v) is 17.2. The first-order chi connectivity index (χ1) is 15.0. The summed E-state index contributed by atoms with van der Waals surface area (Å²) in [6, 6.07) is 19.8. The molecule has 0 unspecified atom stereocenters. The van der Waals surface area contributed by atoms with Crippen molar-refractivity contribution < 1.29 is 9.18 Å². The second kappa shape index (κ2) is 7.22. The highest BCUT2D eigenvalue weighted by Gasteiger charge is 2.55. The molecule has 0 saturated carbocycles. The summed E-state index contributed by atoms with van der Waals surface area (Å²) in [7, 11) is 0. The van der Waals surface area contributed by atoms with Crippen LogP contribution in [0.3, 0.4) is 0 Å². The van der Waals surface area contributed by atoms with Gasteiger partial charge in [0.15, 0.2) is 5.96 Å². The largest absolute Gasteiger partial charge is 0.368 e. The van der Waals surface area contributed by atoms with Gasteiger partial charge in [0.05, 0.1) is 17.6 Å². The van der Waals surface area contributed by atoms with E-state index in [1.54, 1.807) is 29.5 Å². The average Bonchev–Trinajstić information content (AvgIpc) is 3.41. The fraction of sp³-hybridized carbons (Fsp3) is 0.174. The van der Waals surface area contributed by atoms with Crippen LogP contribution in [0.2, 0.25) is 0 Å². The lowest BCUT2D eigenvalue weighted by molar-refractivity contribution is -0.126. The van der Waals surface area contributed by atoms with Crippen LogP contribution in [0, 0.1) is 28.5 Å². The van der Waals surface area contributed by atoms with E-state index in [1.165, 1.54) is 12.1 Å². The van der Waals surface area contributed by atoms with E-state index >= 15 is 0 Å². The smallest absolute Gasteiger partial charge is 0.234 e. The molecular formula is C23H18FN5OS. The number of benzene rings is 2. The van der Waals surface area contributed by atoms with E-state index in [4.69, 9.17) is 5.41 Å². The number of thiophene rings is 1. The molecule has 3 heterocycles. The highest BCUT2D eigenvalue weighted by molar-refractivity contribution is 7.15. The van der Waals surface area contributed by atoms with Crippen LogP contribution in [0.5, 0.6) is 0 Å². The number of hydrogen-bond acceptors (Lipinski definition) is 5. The molecule has 2 aromatic carbocycles. The molecule has 8 heteroatoms. The Bertz CT molecular complexity index is 1230. The van der Waals surface area contributed by atoms with Gasteiger partial charge in [0.1, 0.15) is 11.4 Å². The Morgan fingerprint density at radius 1 is 1.19 bits per heavy atom. The van der Waals surface area contributed by atoms with Gasteiger partial charge in [-0.15, -0.1) is 11.3 Å². The van der Waals surface area contributed by atoms with Gasteiger partial charge in [0.2, 0.25) is 5.91 Å². The van der Waals surface area contributed by atoms with Crippen molar-refractivity contribution in [1.82, 2.24) is 10.6 Å². The summed E-state index contributed by atoms with van der Waals surface area (Å²) >= 11 is 1.55. The minimum Gasteiger partial charge on any atom is -0.368 e. The molecule has 5 rings (SSSR count). The normalized spacial score (nSPS) is 22.5. The molecule has 2 atom stereocenters. The number of nitrogens with one attached hydrogen (secondary N) is 3. The number of amides is 1. The number of hydrogen-bond donors (Lipinski definition) is 3. The van der Waals surface area contributed by atoms with E-state index < -0.39 is 11.5 Å². The summed E-state index contributed by atoms with van der Waals surface area (Å²) in [5.74, 6) is -0.947. The van der Waals surface area contributed by atoms with Gasteiger partial charge in [-0.3, -0.25) is 15.5 Å². The third-order valence-electron chi connectivity index (χ3n) is 5.86. The first-order valence-corrected chi connectivity index (χ1v) is 10.6. The van der Waals surface area contributed by atoms with Crippen molar-refractivity contribution in [3.05, 3.63) is 76.9 Å². The number of carbonyl (C=O) groups is 1. The third-order valence-corrected chi connectivity index (χ3v) is 7.18. The molecular weight excluding hydrogens is 413 g/mol. The predicted molar refractivity (Wildman–Crippen MR) is 117 cm³/mol. The van der Waals surface area contributed by atoms with Crippen LogP contribution in [-0.2, 0) is 10.3 Å². The molecule has 2 fully saturated rings. The van der Waals surface area contributed by atoms with Crippen molar-refractivity contribution in [1.29, 1.82) is 10.7 Å². The Kier molecular flexibility index (Phi) is 4.49. The Balaban J connectivity index is 1.55. The van der Waals surface area contributed by atoms with Crippen LogP contribution in [0.4, 0.5) is 10.1 Å². The monoisotopic (exact) mass is 431 g/mol. The van der Waals surface area contributed by atoms with E-state index in [2.05, 4.69) is 16.7 Å². The maximum atomic E-state index is 13.4. The minimum absolute atomic E-state index is 0.0244. The Hall–Kier alpha value is -3.70. The molecule has 3 N–H and O–H groups in total. The molecule has 0 spiro atoms. The van der Waals surface area contributed by atoms with Crippen LogP contribution >= 0.6 is 11.3 Å². The van der Waals surface area contributed by atoms with Gasteiger partial charge in [-0.25, -0.2) is 4.39 Å². The fourth-order valence-corrected chi connectivity index (χ4v) is 5.58. The summed E-state index contributed by atoms with van der Waals surface area (Å²) in [6.45, 7) is 0.923. The maximum absolute atomic E-state index is 13.4. The molecule has 2 aliphatic heterocycles. The first-order valence-electron chi connectivity index (χ1n) is 9.77. The lowest BCUT2D eigenvalue weighted by atomic mass is 9.83. The molecule has 0 bridgehead atoms. The molecule has 0 radical (unpaired) electrons. The lowest BCUT2D eigenvalue weighted by Crippen LogP contribution is -2.64. The average molecular weight is 431 g/mol. The molecule has 2 saturated heterocycles. The lowest BCUT2D eigenvalue weighted by Gasteiger charge is -2.38. The van der Waals surface area contributed by atoms with Crippen LogP contribution < -0.4 is 15.5 Å². The van der Waals surface area contributed by atoms with Crippen molar-refractivity contribution in [2.45, 2.75) is 5.54 Å². The number of anilines is 1. The van der Waals surface area contributed by atoms with Gasteiger partial charge in [-0.2, -0.15) is 5.26 Å².